The predicted octanol–water partition coefficient (Wildman–Crippen LogP) is 5.56. The zero-order valence-electron chi connectivity index (χ0n) is 24.3. The molecule has 0 bridgehead atoms. The van der Waals surface area contributed by atoms with Crippen molar-refractivity contribution in [1.29, 1.82) is 0 Å². The van der Waals surface area contributed by atoms with E-state index in [1.54, 1.807) is 23.8 Å². The first kappa shape index (κ1) is 30.1. The Balaban J connectivity index is 1.35. The molecule has 0 unspecified atom stereocenters. The molecule has 44 heavy (non-hydrogen) atoms. The van der Waals surface area contributed by atoms with E-state index in [-0.39, 0.29) is 27.4 Å². The highest BCUT2D eigenvalue weighted by atomic mass is 35.5. The van der Waals surface area contributed by atoms with Crippen LogP contribution >= 0.6 is 11.6 Å². The minimum absolute atomic E-state index is 0.0350. The quantitative estimate of drug-likeness (QED) is 0.276. The first-order valence-corrected chi connectivity index (χ1v) is 15.0. The molecule has 4 aromatic rings. The zero-order chi connectivity index (χ0) is 31.0. The van der Waals surface area contributed by atoms with Crippen LogP contribution in [0, 0.1) is 11.6 Å². The molecule has 8 nitrogen and oxygen atoms in total. The van der Waals surface area contributed by atoms with Gasteiger partial charge in [-0.15, -0.1) is 0 Å². The minimum Gasteiger partial charge on any atom is -0.477 e. The largest absolute Gasteiger partial charge is 0.477 e. The number of aromatic nitrogens is 1. The molecule has 3 aromatic carbocycles. The van der Waals surface area contributed by atoms with Gasteiger partial charge in [-0.25, -0.2) is 13.6 Å². The first-order chi connectivity index (χ1) is 21.2. The monoisotopic (exact) mass is 622 g/mol. The van der Waals surface area contributed by atoms with Gasteiger partial charge >= 0.3 is 5.97 Å². The van der Waals surface area contributed by atoms with Crippen LogP contribution in [0.5, 0.6) is 0 Å². The van der Waals surface area contributed by atoms with Gasteiger partial charge in [-0.3, -0.25) is 9.69 Å². The standard InChI is InChI=1S/C33H33ClF2N4O4/c1-44-20-25-3-2-12-39(25)18-21-4-8-24(9-5-21)40-19-27(33(42)43)32(41)26-17-28(36)31(29(34)30(26)40)38-15-13-37(14-16-38)23-10-6-22(35)7-11-23/h4-11,17,19,25H,2-3,12-16,18,20H2,1H3,(H,42,43)/t25-/m0/s1. The summed E-state index contributed by atoms with van der Waals surface area (Å²) in [5.41, 5.74) is 1.67. The number of hydrogen-bond acceptors (Lipinski definition) is 6. The predicted molar refractivity (Wildman–Crippen MR) is 168 cm³/mol. The highest BCUT2D eigenvalue weighted by Gasteiger charge is 2.27. The van der Waals surface area contributed by atoms with Crippen molar-refractivity contribution in [3.8, 4) is 5.69 Å². The molecule has 1 N–H and O–H groups in total. The molecular weight excluding hydrogens is 590 g/mol. The number of carboxylic acid groups (broad SMARTS) is 1. The lowest BCUT2D eigenvalue weighted by Crippen LogP contribution is -2.47. The fraction of sp³-hybridized carbons (Fsp3) is 0.333. The lowest BCUT2D eigenvalue weighted by atomic mass is 10.1. The Hall–Kier alpha value is -3.99. The fourth-order valence-corrected chi connectivity index (χ4v) is 6.77. The lowest BCUT2D eigenvalue weighted by molar-refractivity contribution is 0.0695. The van der Waals surface area contributed by atoms with Crippen molar-refractivity contribution in [3.05, 3.63) is 98.8 Å². The van der Waals surface area contributed by atoms with Crippen molar-refractivity contribution < 1.29 is 23.4 Å². The molecule has 11 heteroatoms. The van der Waals surface area contributed by atoms with Crippen molar-refractivity contribution >= 4 is 39.8 Å². The Morgan fingerprint density at radius 1 is 0.977 bits per heavy atom. The van der Waals surface area contributed by atoms with Crippen molar-refractivity contribution in [3.63, 3.8) is 0 Å². The van der Waals surface area contributed by atoms with Crippen LogP contribution in [0.1, 0.15) is 28.8 Å². The molecule has 0 radical (unpaired) electrons. The van der Waals surface area contributed by atoms with Crippen LogP contribution in [0.4, 0.5) is 20.2 Å². The summed E-state index contributed by atoms with van der Waals surface area (Å²) in [4.78, 5) is 31.6. The van der Waals surface area contributed by atoms with E-state index >= 15 is 4.39 Å². The van der Waals surface area contributed by atoms with Crippen LogP contribution in [-0.2, 0) is 11.3 Å². The molecule has 1 aromatic heterocycles. The Labute approximate surface area is 258 Å². The van der Waals surface area contributed by atoms with Crippen LogP contribution in [0.2, 0.25) is 5.02 Å². The normalized spacial score (nSPS) is 17.5. The molecule has 2 saturated heterocycles. The van der Waals surface area contributed by atoms with Gasteiger partial charge in [-0.2, -0.15) is 0 Å². The van der Waals surface area contributed by atoms with E-state index in [9.17, 15) is 19.1 Å². The van der Waals surface area contributed by atoms with Gasteiger partial charge in [0.15, 0.2) is 0 Å². The van der Waals surface area contributed by atoms with Gasteiger partial charge in [-0.05, 0) is 67.4 Å². The molecule has 0 saturated carbocycles. The molecule has 0 spiro atoms. The SMILES string of the molecule is COC[C@@H]1CCCN1Cc1ccc(-n2cc(C(=O)O)c(=O)c3cc(F)c(N4CCN(c5ccc(F)cc5)CC4)c(Cl)c32)cc1. The molecule has 3 heterocycles. The second kappa shape index (κ2) is 12.6. The maximum atomic E-state index is 15.7. The number of nitrogens with zero attached hydrogens (tertiary/aromatic N) is 4. The number of pyridine rings is 1. The number of anilines is 2. The third kappa shape index (κ3) is 5.77. The van der Waals surface area contributed by atoms with Crippen LogP contribution in [0.3, 0.4) is 0 Å². The Morgan fingerprint density at radius 3 is 2.30 bits per heavy atom. The van der Waals surface area contributed by atoms with E-state index in [1.807, 2.05) is 29.2 Å². The van der Waals surface area contributed by atoms with E-state index < -0.39 is 22.8 Å². The number of aromatic carboxylic acids is 1. The number of benzene rings is 3. The molecule has 0 aliphatic carbocycles. The maximum Gasteiger partial charge on any atom is 0.341 e. The van der Waals surface area contributed by atoms with E-state index in [4.69, 9.17) is 16.3 Å². The summed E-state index contributed by atoms with van der Waals surface area (Å²) < 4.78 is 36.1. The van der Waals surface area contributed by atoms with Gasteiger partial charge in [0.25, 0.3) is 0 Å². The smallest absolute Gasteiger partial charge is 0.341 e. The van der Waals surface area contributed by atoms with Crippen molar-refractivity contribution in [1.82, 2.24) is 9.47 Å². The number of ether oxygens (including phenoxy) is 1. The summed E-state index contributed by atoms with van der Waals surface area (Å²) in [6.07, 6.45) is 3.47. The van der Waals surface area contributed by atoms with Crippen molar-refractivity contribution in [2.45, 2.75) is 25.4 Å². The molecular formula is C33H33ClF2N4O4. The molecule has 2 fully saturated rings. The van der Waals surface area contributed by atoms with Crippen molar-refractivity contribution in [2.75, 3.05) is 56.2 Å². The van der Waals surface area contributed by atoms with E-state index in [0.717, 1.165) is 43.2 Å². The minimum atomic E-state index is -1.40. The summed E-state index contributed by atoms with van der Waals surface area (Å²) in [5.74, 6) is -2.42. The Kier molecular flexibility index (Phi) is 8.57. The van der Waals surface area contributed by atoms with Gasteiger partial charge in [-0.1, -0.05) is 23.7 Å². The Morgan fingerprint density at radius 2 is 1.64 bits per heavy atom. The van der Waals surface area contributed by atoms with Gasteiger partial charge < -0.3 is 24.2 Å². The maximum absolute atomic E-state index is 15.7. The van der Waals surface area contributed by atoms with E-state index in [1.165, 1.54) is 18.3 Å². The topological polar surface area (TPSA) is 78.2 Å². The third-order valence-electron chi connectivity index (χ3n) is 8.63. The summed E-state index contributed by atoms with van der Waals surface area (Å²) in [6.45, 7) is 4.39. The fourth-order valence-electron chi connectivity index (χ4n) is 6.37. The van der Waals surface area contributed by atoms with Gasteiger partial charge in [0.05, 0.1) is 28.2 Å². The van der Waals surface area contributed by atoms with Gasteiger partial charge in [0, 0.05) is 63.4 Å². The number of piperazine rings is 1. The zero-order valence-corrected chi connectivity index (χ0v) is 25.1. The summed E-state index contributed by atoms with van der Waals surface area (Å²) in [7, 11) is 1.71. The number of hydrogen-bond donors (Lipinski definition) is 1. The molecule has 2 aliphatic heterocycles. The molecule has 0 amide bonds. The van der Waals surface area contributed by atoms with Crippen LogP contribution in [0.15, 0.2) is 65.6 Å². The van der Waals surface area contributed by atoms with Gasteiger partial charge in [0.2, 0.25) is 5.43 Å². The summed E-state index contributed by atoms with van der Waals surface area (Å²) in [5, 5.41) is 9.74. The van der Waals surface area contributed by atoms with E-state index in [0.29, 0.717) is 44.5 Å². The molecule has 1 atom stereocenters. The summed E-state index contributed by atoms with van der Waals surface area (Å²) >= 11 is 6.94. The molecule has 2 aliphatic rings. The average molecular weight is 623 g/mol. The number of carboxylic acids is 1. The number of methoxy groups -OCH3 is 1. The first-order valence-electron chi connectivity index (χ1n) is 14.6. The third-order valence-corrected chi connectivity index (χ3v) is 8.99. The second-order valence-corrected chi connectivity index (χ2v) is 11.7. The highest BCUT2D eigenvalue weighted by molar-refractivity contribution is 6.38. The number of rotatable bonds is 8. The summed E-state index contributed by atoms with van der Waals surface area (Å²) in [6, 6.07) is 15.3. The number of fused-ring (bicyclic) bond motifs is 1. The van der Waals surface area contributed by atoms with Crippen molar-refractivity contribution in [2.24, 2.45) is 0 Å². The number of halogens is 3. The van der Waals surface area contributed by atoms with Crippen LogP contribution in [0.25, 0.3) is 16.6 Å². The average Bonchev–Trinajstić information content (AvgIpc) is 3.45. The molecule has 230 valence electrons. The lowest BCUT2D eigenvalue weighted by Gasteiger charge is -2.38. The van der Waals surface area contributed by atoms with E-state index in [2.05, 4.69) is 9.80 Å². The van der Waals surface area contributed by atoms with Crippen LogP contribution < -0.4 is 15.2 Å². The van der Waals surface area contributed by atoms with Crippen LogP contribution in [-0.4, -0.2) is 73.0 Å². The highest BCUT2D eigenvalue weighted by Crippen LogP contribution is 2.37. The number of carbonyl (C=O) groups is 1. The number of likely N-dealkylation sites (tertiary alicyclic amines) is 1. The molecule has 6 rings (SSSR count). The Bertz CT molecular complexity index is 1740. The second-order valence-electron chi connectivity index (χ2n) is 11.3. The van der Waals surface area contributed by atoms with Gasteiger partial charge in [0.1, 0.15) is 17.2 Å².